The van der Waals surface area contributed by atoms with Gasteiger partial charge in [0.1, 0.15) is 12.7 Å². The van der Waals surface area contributed by atoms with Crippen LogP contribution in [0.4, 0.5) is 10.7 Å². The molecule has 2 amide bonds. The van der Waals surface area contributed by atoms with Gasteiger partial charge < -0.3 is 11.1 Å². The van der Waals surface area contributed by atoms with E-state index in [0.29, 0.717) is 11.1 Å². The number of anilines is 1. The average Bonchev–Trinajstić information content (AvgIpc) is 2.31. The molecule has 1 aromatic heterocycles. The van der Waals surface area contributed by atoms with E-state index in [1.165, 1.54) is 19.1 Å². The van der Waals surface area contributed by atoms with E-state index in [0.717, 1.165) is 13.0 Å². The van der Waals surface area contributed by atoms with Crippen molar-refractivity contribution in [1.82, 2.24) is 20.1 Å². The Morgan fingerprint density at radius 2 is 1.94 bits per heavy atom. The van der Waals surface area contributed by atoms with Gasteiger partial charge in [0.2, 0.25) is 5.95 Å². The Bertz CT molecular complexity index is 304. The maximum absolute atomic E-state index is 9.60. The van der Waals surface area contributed by atoms with Gasteiger partial charge in [-0.3, -0.25) is 0 Å². The molecule has 0 bridgehead atoms. The van der Waals surface area contributed by atoms with Crippen molar-refractivity contribution >= 4 is 12.0 Å². The van der Waals surface area contributed by atoms with Crippen molar-refractivity contribution in [2.24, 2.45) is 17.4 Å². The number of rotatable bonds is 4. The van der Waals surface area contributed by atoms with Crippen molar-refractivity contribution in [3.63, 3.8) is 0 Å². The smallest absolute Gasteiger partial charge is 0.343 e. The maximum atomic E-state index is 9.60. The lowest BCUT2D eigenvalue weighted by atomic mass is 10.3. The first-order chi connectivity index (χ1) is 8.07. The summed E-state index contributed by atoms with van der Waals surface area (Å²) >= 11 is 0. The van der Waals surface area contributed by atoms with Crippen molar-refractivity contribution < 1.29 is 4.79 Å². The summed E-state index contributed by atoms with van der Waals surface area (Å²) in [6, 6.07) is -0.852. The molecule has 0 atom stereocenters. The number of urea groups is 1. The van der Waals surface area contributed by atoms with Crippen LogP contribution in [0.15, 0.2) is 12.7 Å². The fourth-order valence-electron chi connectivity index (χ4n) is 0.707. The van der Waals surface area contributed by atoms with Crippen molar-refractivity contribution in [3.05, 3.63) is 12.7 Å². The molecule has 1 heterocycles. The molecule has 9 heteroatoms. The van der Waals surface area contributed by atoms with Crippen LogP contribution in [0, 0.1) is 0 Å². The Kier molecular flexibility index (Phi) is 8.15. The van der Waals surface area contributed by atoms with Crippen molar-refractivity contribution in [1.29, 1.82) is 0 Å². The molecular weight excluding hydrogens is 224 g/mol. The third-order valence-electron chi connectivity index (χ3n) is 1.56. The van der Waals surface area contributed by atoms with Gasteiger partial charge in [0.25, 0.3) is 0 Å². The van der Waals surface area contributed by atoms with Crippen LogP contribution >= 0.6 is 0 Å². The van der Waals surface area contributed by atoms with Crippen molar-refractivity contribution in [3.8, 4) is 0 Å². The molecule has 1 rings (SSSR count). The quantitative estimate of drug-likeness (QED) is 0.233. The molecule has 0 fully saturated rings. The van der Waals surface area contributed by atoms with Crippen molar-refractivity contribution in [2.75, 3.05) is 11.9 Å². The highest BCUT2D eigenvalue weighted by atomic mass is 16.2. The highest BCUT2D eigenvalue weighted by molar-refractivity contribution is 5.70. The highest BCUT2D eigenvalue weighted by Gasteiger charge is 1.90. The van der Waals surface area contributed by atoms with Gasteiger partial charge in [-0.25, -0.2) is 31.4 Å². The predicted molar refractivity (Wildman–Crippen MR) is 63.0 cm³/mol. The predicted octanol–water partition coefficient (Wildman–Crippen LogP) is -0.802. The number of hydrogen-bond donors (Lipinski definition) is 4. The van der Waals surface area contributed by atoms with Crippen LogP contribution in [-0.2, 0) is 0 Å². The normalized spacial score (nSPS) is 8.88. The van der Waals surface area contributed by atoms with E-state index in [1.807, 2.05) is 0 Å². The van der Waals surface area contributed by atoms with Gasteiger partial charge in [0.05, 0.1) is 0 Å². The number of hydrazine groups is 2. The summed E-state index contributed by atoms with van der Waals surface area (Å²) in [5.41, 5.74) is 4.47. The second kappa shape index (κ2) is 9.24. The maximum Gasteiger partial charge on any atom is 0.343 e. The fourth-order valence-corrected chi connectivity index (χ4v) is 0.707. The molecule has 0 saturated carbocycles. The molecule has 0 saturated heterocycles. The summed E-state index contributed by atoms with van der Waals surface area (Å²) in [7, 11) is 0. The number of nitrogens with one attached hydrogen (secondary N) is 1. The number of nitrogens with two attached hydrogens (primary N) is 3. The lowest BCUT2D eigenvalue weighted by molar-refractivity contribution is 0.210. The summed E-state index contributed by atoms with van der Waals surface area (Å²) in [6.07, 6.45) is 5.30. The summed E-state index contributed by atoms with van der Waals surface area (Å²) in [5, 5.41) is 3.39. The van der Waals surface area contributed by atoms with Gasteiger partial charge in [0, 0.05) is 6.54 Å². The molecule has 1 aromatic rings. The van der Waals surface area contributed by atoms with Crippen LogP contribution in [-0.4, -0.2) is 32.6 Å². The number of carbonyl (C=O) groups is 1. The zero-order valence-electron chi connectivity index (χ0n) is 9.71. The molecule has 17 heavy (non-hydrogen) atoms. The van der Waals surface area contributed by atoms with E-state index in [2.05, 4.69) is 44.6 Å². The molecule has 96 valence electrons. The second-order valence-electron chi connectivity index (χ2n) is 2.99. The summed E-state index contributed by atoms with van der Waals surface area (Å²) in [6.45, 7) is 3.08. The fraction of sp³-hybridized carbons (Fsp3) is 0.500. The molecule has 0 unspecified atom stereocenters. The average molecular weight is 242 g/mol. The molecular formula is C8H18N8O. The van der Waals surface area contributed by atoms with Crippen LogP contribution in [0.2, 0.25) is 0 Å². The largest absolute Gasteiger partial charge is 0.354 e. The minimum Gasteiger partial charge on any atom is -0.354 e. The lowest BCUT2D eigenvalue weighted by Gasteiger charge is -2.00. The van der Waals surface area contributed by atoms with E-state index < -0.39 is 6.03 Å². The number of carbonyl (C=O) groups excluding carboxylic acids is 1. The van der Waals surface area contributed by atoms with E-state index >= 15 is 0 Å². The van der Waals surface area contributed by atoms with Crippen LogP contribution in [0.3, 0.4) is 0 Å². The van der Waals surface area contributed by atoms with Gasteiger partial charge in [0.15, 0.2) is 0 Å². The summed E-state index contributed by atoms with van der Waals surface area (Å²) in [5.74, 6) is 9.80. The molecule has 0 radical (unpaired) electrons. The third kappa shape index (κ3) is 8.96. The Hall–Kier alpha value is -2.00. The van der Waals surface area contributed by atoms with Crippen LogP contribution in [0.1, 0.15) is 19.8 Å². The van der Waals surface area contributed by atoms with Crippen LogP contribution in [0.25, 0.3) is 0 Å². The molecule has 9 nitrogen and oxygen atoms in total. The Morgan fingerprint density at radius 3 is 2.35 bits per heavy atom. The Labute approximate surface area is 99.4 Å². The molecule has 0 aliphatic heterocycles. The van der Waals surface area contributed by atoms with Gasteiger partial charge in [-0.15, -0.1) is 0 Å². The van der Waals surface area contributed by atoms with Crippen molar-refractivity contribution in [2.45, 2.75) is 19.8 Å². The zero-order valence-corrected chi connectivity index (χ0v) is 9.71. The van der Waals surface area contributed by atoms with Gasteiger partial charge in [-0.2, -0.15) is 5.12 Å². The lowest BCUT2D eigenvalue weighted by Crippen LogP contribution is -2.46. The number of nitrogens with zero attached hydrogens (tertiary/aromatic N) is 4. The molecule has 0 spiro atoms. The van der Waals surface area contributed by atoms with Gasteiger partial charge in [-0.05, 0) is 6.42 Å². The first kappa shape index (κ1) is 15.0. The number of hydrogen-bond acceptors (Lipinski definition) is 7. The van der Waals surface area contributed by atoms with Crippen LogP contribution in [0.5, 0.6) is 0 Å². The van der Waals surface area contributed by atoms with E-state index in [4.69, 9.17) is 0 Å². The van der Waals surface area contributed by atoms with E-state index in [9.17, 15) is 4.79 Å². The number of primary amides is 1. The first-order valence-corrected chi connectivity index (χ1v) is 5.02. The minimum absolute atomic E-state index is 0.306. The standard InChI is InChI=1S/C7H12N4.CH6N4O/c1-2-3-4-9-7-10-5-8-6-11-7;2-1(6)5(3)4/h5-6H,2-4H2,1H3,(H,8,9,10,11);3-4H2,(H2,2,6). The molecule has 7 N–H and O–H groups in total. The Balaban J connectivity index is 0.000000366. The molecule has 0 aliphatic carbocycles. The number of unbranched alkanes of at least 4 members (excludes halogenated alkanes) is 1. The van der Waals surface area contributed by atoms with Gasteiger partial charge >= 0.3 is 6.03 Å². The SMILES string of the molecule is CCCCNc1ncncn1.NC(=O)N(N)N. The molecule has 0 aliphatic rings. The number of amides is 2. The highest BCUT2D eigenvalue weighted by Crippen LogP contribution is 1.93. The van der Waals surface area contributed by atoms with Crippen LogP contribution < -0.4 is 22.7 Å². The topological polar surface area (TPSA) is 149 Å². The summed E-state index contributed by atoms with van der Waals surface area (Å²) in [4.78, 5) is 21.1. The third-order valence-corrected chi connectivity index (χ3v) is 1.56. The second-order valence-corrected chi connectivity index (χ2v) is 2.99. The van der Waals surface area contributed by atoms with Gasteiger partial charge in [-0.1, -0.05) is 13.3 Å². The Morgan fingerprint density at radius 1 is 1.41 bits per heavy atom. The van der Waals surface area contributed by atoms with E-state index in [1.54, 1.807) is 0 Å². The summed E-state index contributed by atoms with van der Waals surface area (Å²) < 4.78 is 0. The molecule has 0 aromatic carbocycles. The minimum atomic E-state index is -0.852. The first-order valence-electron chi connectivity index (χ1n) is 5.02. The zero-order chi connectivity index (χ0) is 13.1. The number of aromatic nitrogens is 3. The van der Waals surface area contributed by atoms with E-state index in [-0.39, 0.29) is 0 Å². The monoisotopic (exact) mass is 242 g/mol.